The Morgan fingerprint density at radius 1 is 1.33 bits per heavy atom. The first-order chi connectivity index (χ1) is 10.0. The van der Waals surface area contributed by atoms with Crippen molar-refractivity contribution in [1.29, 1.82) is 0 Å². The number of benzene rings is 1. The van der Waals surface area contributed by atoms with E-state index in [9.17, 15) is 9.59 Å². The van der Waals surface area contributed by atoms with E-state index in [0.717, 1.165) is 0 Å². The highest BCUT2D eigenvalue weighted by Gasteiger charge is 2.14. The number of anilines is 2. The SMILES string of the molecule is COC(=O)c1ccc(Cl)c(NC(=O)c2ccncc2N)c1. The molecule has 0 fully saturated rings. The smallest absolute Gasteiger partial charge is 0.337 e. The number of halogens is 1. The van der Waals surface area contributed by atoms with Gasteiger partial charge in [0.05, 0.1) is 40.8 Å². The number of nitrogens with zero attached hydrogens (tertiary/aromatic N) is 1. The van der Waals surface area contributed by atoms with E-state index >= 15 is 0 Å². The van der Waals surface area contributed by atoms with Gasteiger partial charge in [-0.1, -0.05) is 11.6 Å². The van der Waals surface area contributed by atoms with Crippen LogP contribution in [0.15, 0.2) is 36.7 Å². The minimum absolute atomic E-state index is 0.246. The molecule has 1 aromatic carbocycles. The molecule has 3 N–H and O–H groups in total. The van der Waals surface area contributed by atoms with Crippen LogP contribution in [0, 0.1) is 0 Å². The quantitative estimate of drug-likeness (QED) is 0.849. The Hall–Kier alpha value is -2.60. The van der Waals surface area contributed by atoms with Gasteiger partial charge in [0.15, 0.2) is 0 Å². The molecule has 1 amide bonds. The maximum Gasteiger partial charge on any atom is 0.337 e. The first kappa shape index (κ1) is 14.8. The third-order valence-electron chi connectivity index (χ3n) is 2.73. The Morgan fingerprint density at radius 2 is 2.10 bits per heavy atom. The highest BCUT2D eigenvalue weighted by molar-refractivity contribution is 6.34. The Balaban J connectivity index is 2.29. The van der Waals surface area contributed by atoms with E-state index in [2.05, 4.69) is 15.0 Å². The molecule has 6 nitrogen and oxygen atoms in total. The Bertz CT molecular complexity index is 704. The molecule has 0 unspecified atom stereocenters. The maximum absolute atomic E-state index is 12.1. The summed E-state index contributed by atoms with van der Waals surface area (Å²) in [5.74, 6) is -0.968. The van der Waals surface area contributed by atoms with Gasteiger partial charge in [0.1, 0.15) is 0 Å². The number of hydrogen-bond acceptors (Lipinski definition) is 5. The predicted molar refractivity (Wildman–Crippen MR) is 79.4 cm³/mol. The van der Waals surface area contributed by atoms with Crippen molar-refractivity contribution in [2.45, 2.75) is 0 Å². The van der Waals surface area contributed by atoms with Crippen molar-refractivity contribution in [1.82, 2.24) is 4.98 Å². The van der Waals surface area contributed by atoms with Crippen molar-refractivity contribution in [3.05, 3.63) is 52.8 Å². The highest BCUT2D eigenvalue weighted by Crippen LogP contribution is 2.24. The number of esters is 1. The number of rotatable bonds is 3. The first-order valence-corrected chi connectivity index (χ1v) is 6.29. The summed E-state index contributed by atoms with van der Waals surface area (Å²) >= 11 is 6.00. The number of carbonyl (C=O) groups is 2. The standard InChI is InChI=1S/C14H12ClN3O3/c1-21-14(20)8-2-3-10(15)12(6-8)18-13(19)9-4-5-17-7-11(9)16/h2-7H,16H2,1H3,(H,18,19). The predicted octanol–water partition coefficient (Wildman–Crippen LogP) is 2.36. The lowest BCUT2D eigenvalue weighted by atomic mass is 10.1. The Labute approximate surface area is 125 Å². The number of pyridine rings is 1. The van der Waals surface area contributed by atoms with E-state index in [0.29, 0.717) is 10.7 Å². The number of aromatic nitrogens is 1. The van der Waals surface area contributed by atoms with Crippen LogP contribution in [0.5, 0.6) is 0 Å². The van der Waals surface area contributed by atoms with Crippen molar-refractivity contribution in [2.24, 2.45) is 0 Å². The Kier molecular flexibility index (Phi) is 4.39. The molecule has 0 bridgehead atoms. The topological polar surface area (TPSA) is 94.3 Å². The lowest BCUT2D eigenvalue weighted by molar-refractivity contribution is 0.0600. The number of carbonyl (C=O) groups excluding carboxylic acids is 2. The van der Waals surface area contributed by atoms with Crippen LogP contribution in [0.1, 0.15) is 20.7 Å². The average molecular weight is 306 g/mol. The molecule has 0 aliphatic carbocycles. The van der Waals surface area contributed by atoms with Crippen LogP contribution in [-0.4, -0.2) is 24.0 Å². The van der Waals surface area contributed by atoms with Crippen molar-refractivity contribution >= 4 is 34.9 Å². The second kappa shape index (κ2) is 6.23. The van der Waals surface area contributed by atoms with Gasteiger partial charge in [-0.2, -0.15) is 0 Å². The van der Waals surface area contributed by atoms with E-state index in [1.165, 1.54) is 43.8 Å². The van der Waals surface area contributed by atoms with Gasteiger partial charge in [-0.15, -0.1) is 0 Å². The molecule has 0 aliphatic rings. The maximum atomic E-state index is 12.1. The van der Waals surface area contributed by atoms with E-state index in [1.807, 2.05) is 0 Å². The molecule has 0 saturated heterocycles. The van der Waals surface area contributed by atoms with Crippen LogP contribution >= 0.6 is 11.6 Å². The molecule has 0 atom stereocenters. The largest absolute Gasteiger partial charge is 0.465 e. The van der Waals surface area contributed by atoms with Gasteiger partial charge in [0, 0.05) is 6.20 Å². The van der Waals surface area contributed by atoms with Crippen LogP contribution in [0.2, 0.25) is 5.02 Å². The molecule has 0 radical (unpaired) electrons. The van der Waals surface area contributed by atoms with E-state index in [4.69, 9.17) is 17.3 Å². The summed E-state index contributed by atoms with van der Waals surface area (Å²) in [7, 11) is 1.27. The normalized spacial score (nSPS) is 10.0. The summed E-state index contributed by atoms with van der Waals surface area (Å²) in [6.07, 6.45) is 2.83. The number of nitrogens with one attached hydrogen (secondary N) is 1. The van der Waals surface area contributed by atoms with Gasteiger partial charge in [0.25, 0.3) is 5.91 Å². The zero-order valence-electron chi connectivity index (χ0n) is 11.1. The number of ether oxygens (including phenoxy) is 1. The van der Waals surface area contributed by atoms with Crippen LogP contribution in [0.4, 0.5) is 11.4 Å². The third kappa shape index (κ3) is 3.29. The lowest BCUT2D eigenvalue weighted by Gasteiger charge is -2.10. The third-order valence-corrected chi connectivity index (χ3v) is 3.06. The lowest BCUT2D eigenvalue weighted by Crippen LogP contribution is -2.15. The van der Waals surface area contributed by atoms with Crippen LogP contribution in [0.25, 0.3) is 0 Å². The second-order valence-corrected chi connectivity index (χ2v) is 4.51. The molecule has 2 rings (SSSR count). The number of methoxy groups -OCH3 is 1. The van der Waals surface area contributed by atoms with Gasteiger partial charge in [-0.3, -0.25) is 9.78 Å². The van der Waals surface area contributed by atoms with Crippen molar-refractivity contribution < 1.29 is 14.3 Å². The van der Waals surface area contributed by atoms with Gasteiger partial charge in [-0.25, -0.2) is 4.79 Å². The van der Waals surface area contributed by atoms with Gasteiger partial charge < -0.3 is 15.8 Å². The van der Waals surface area contributed by atoms with Crippen molar-refractivity contribution in [3.8, 4) is 0 Å². The fourth-order valence-electron chi connectivity index (χ4n) is 1.67. The summed E-state index contributed by atoms with van der Waals surface area (Å²) < 4.78 is 4.62. The summed E-state index contributed by atoms with van der Waals surface area (Å²) in [6.45, 7) is 0. The molecule has 0 saturated carbocycles. The van der Waals surface area contributed by atoms with E-state index in [-0.39, 0.29) is 16.8 Å². The van der Waals surface area contributed by atoms with Crippen molar-refractivity contribution in [2.75, 3.05) is 18.2 Å². The van der Waals surface area contributed by atoms with Crippen LogP contribution < -0.4 is 11.1 Å². The van der Waals surface area contributed by atoms with Gasteiger partial charge in [-0.05, 0) is 24.3 Å². The molecule has 0 aliphatic heterocycles. The Morgan fingerprint density at radius 3 is 2.76 bits per heavy atom. The molecule has 7 heteroatoms. The monoisotopic (exact) mass is 305 g/mol. The first-order valence-electron chi connectivity index (χ1n) is 5.91. The second-order valence-electron chi connectivity index (χ2n) is 4.10. The molecule has 2 aromatic rings. The van der Waals surface area contributed by atoms with E-state index in [1.54, 1.807) is 0 Å². The van der Waals surface area contributed by atoms with Crippen LogP contribution in [0.3, 0.4) is 0 Å². The van der Waals surface area contributed by atoms with E-state index < -0.39 is 11.9 Å². The van der Waals surface area contributed by atoms with Gasteiger partial charge in [0.2, 0.25) is 0 Å². The van der Waals surface area contributed by atoms with Crippen molar-refractivity contribution in [3.63, 3.8) is 0 Å². The number of amides is 1. The fraction of sp³-hybridized carbons (Fsp3) is 0.0714. The number of nitrogen functional groups attached to an aromatic ring is 1. The molecule has 1 aromatic heterocycles. The fourth-order valence-corrected chi connectivity index (χ4v) is 1.83. The molecular formula is C14H12ClN3O3. The molecule has 0 spiro atoms. The number of nitrogens with two attached hydrogens (primary N) is 1. The summed E-state index contributed by atoms with van der Waals surface area (Å²) in [6, 6.07) is 5.93. The average Bonchev–Trinajstić information content (AvgIpc) is 2.49. The zero-order chi connectivity index (χ0) is 15.4. The summed E-state index contributed by atoms with van der Waals surface area (Å²) in [5, 5.41) is 2.90. The minimum Gasteiger partial charge on any atom is -0.465 e. The molecule has 108 valence electrons. The van der Waals surface area contributed by atoms with Gasteiger partial charge >= 0.3 is 5.97 Å². The molecule has 1 heterocycles. The highest BCUT2D eigenvalue weighted by atomic mass is 35.5. The minimum atomic E-state index is -0.523. The zero-order valence-corrected chi connectivity index (χ0v) is 11.8. The molecule has 21 heavy (non-hydrogen) atoms. The molecular weight excluding hydrogens is 294 g/mol. The van der Waals surface area contributed by atoms with Crippen LogP contribution in [-0.2, 0) is 4.74 Å². The number of hydrogen-bond donors (Lipinski definition) is 2. The summed E-state index contributed by atoms with van der Waals surface area (Å²) in [5.41, 5.74) is 6.77. The summed E-state index contributed by atoms with van der Waals surface area (Å²) in [4.78, 5) is 27.4.